The van der Waals surface area contributed by atoms with E-state index in [-0.39, 0.29) is 34.2 Å². The van der Waals surface area contributed by atoms with E-state index in [1.165, 1.54) is 6.07 Å². The van der Waals surface area contributed by atoms with Crippen molar-refractivity contribution in [1.29, 1.82) is 0 Å². The Balaban J connectivity index is 1.94. The van der Waals surface area contributed by atoms with Gasteiger partial charge in [0.15, 0.2) is 0 Å². The van der Waals surface area contributed by atoms with E-state index in [9.17, 15) is 20.2 Å². The molecule has 0 saturated carbocycles. The predicted molar refractivity (Wildman–Crippen MR) is 102 cm³/mol. The number of rotatable bonds is 3. The van der Waals surface area contributed by atoms with Crippen LogP contribution in [-0.4, -0.2) is 9.85 Å². The van der Waals surface area contributed by atoms with Gasteiger partial charge >= 0.3 is 0 Å². The summed E-state index contributed by atoms with van der Waals surface area (Å²) in [5.74, 6) is 0.0864. The lowest BCUT2D eigenvalue weighted by Gasteiger charge is -2.38. The van der Waals surface area contributed by atoms with Crippen LogP contribution < -0.4 is 5.32 Å². The molecular weight excluding hydrogens is 346 g/mol. The number of allylic oxidation sites excluding steroid dienone is 2. The SMILES string of the molecule is Cc1cc([N+](=O)[O-])c2c(c1C)C1C=CCC1[C@@H](c1ccccc1[N+](=O)[O-])N2. The standard InChI is InChI=1S/C20H19N3O4/c1-11-10-17(23(26)27)20-18(12(11)2)13-7-5-8-14(13)19(21-20)15-6-3-4-9-16(15)22(24)25/h3-7,9-10,13-14,19,21H,8H2,1-2H3/t13?,14?,19-/m0/s1. The Bertz CT molecular complexity index is 999. The van der Waals surface area contributed by atoms with Crippen LogP contribution in [0.1, 0.15) is 40.6 Å². The zero-order chi connectivity index (χ0) is 19.3. The molecule has 1 aliphatic carbocycles. The molecule has 3 atom stereocenters. The molecule has 2 aromatic carbocycles. The monoisotopic (exact) mass is 365 g/mol. The number of hydrogen-bond acceptors (Lipinski definition) is 5. The highest BCUT2D eigenvalue weighted by molar-refractivity contribution is 5.74. The van der Waals surface area contributed by atoms with Crippen LogP contribution in [0.4, 0.5) is 17.1 Å². The second kappa shape index (κ2) is 6.19. The Morgan fingerprint density at radius 2 is 1.78 bits per heavy atom. The van der Waals surface area contributed by atoms with Gasteiger partial charge in [0.1, 0.15) is 5.69 Å². The molecule has 138 valence electrons. The van der Waals surface area contributed by atoms with Crippen molar-refractivity contribution in [3.63, 3.8) is 0 Å². The van der Waals surface area contributed by atoms with E-state index >= 15 is 0 Å². The molecule has 2 unspecified atom stereocenters. The number of anilines is 1. The number of hydrogen-bond donors (Lipinski definition) is 1. The second-order valence-corrected chi connectivity index (χ2v) is 7.17. The van der Waals surface area contributed by atoms with Gasteiger partial charge < -0.3 is 5.32 Å². The molecule has 0 radical (unpaired) electrons. The van der Waals surface area contributed by atoms with Crippen molar-refractivity contribution >= 4 is 17.1 Å². The van der Waals surface area contributed by atoms with Crippen LogP contribution in [-0.2, 0) is 0 Å². The van der Waals surface area contributed by atoms with Gasteiger partial charge in [-0.2, -0.15) is 0 Å². The highest BCUT2D eigenvalue weighted by Crippen LogP contribution is 2.54. The van der Waals surface area contributed by atoms with Crippen LogP contribution in [0.5, 0.6) is 0 Å². The van der Waals surface area contributed by atoms with E-state index in [4.69, 9.17) is 0 Å². The summed E-state index contributed by atoms with van der Waals surface area (Å²) in [5.41, 5.74) is 3.97. The molecule has 0 saturated heterocycles. The number of nitrogens with one attached hydrogen (secondary N) is 1. The molecule has 0 amide bonds. The smallest absolute Gasteiger partial charge is 0.292 e. The van der Waals surface area contributed by atoms with Crippen molar-refractivity contribution in [3.05, 3.63) is 85.0 Å². The topological polar surface area (TPSA) is 98.3 Å². The first kappa shape index (κ1) is 17.2. The molecule has 1 N–H and O–H groups in total. The van der Waals surface area contributed by atoms with Gasteiger partial charge in [0.05, 0.1) is 21.5 Å². The highest BCUT2D eigenvalue weighted by Gasteiger charge is 2.43. The van der Waals surface area contributed by atoms with Gasteiger partial charge in [-0.05, 0) is 42.9 Å². The molecule has 0 spiro atoms. The first-order valence-corrected chi connectivity index (χ1v) is 8.85. The zero-order valence-corrected chi connectivity index (χ0v) is 15.0. The second-order valence-electron chi connectivity index (χ2n) is 7.17. The summed E-state index contributed by atoms with van der Waals surface area (Å²) < 4.78 is 0. The van der Waals surface area contributed by atoms with Crippen LogP contribution in [0.3, 0.4) is 0 Å². The number of para-hydroxylation sites is 1. The summed E-state index contributed by atoms with van der Waals surface area (Å²) in [6.45, 7) is 3.86. The molecule has 1 aliphatic heterocycles. The molecule has 7 heteroatoms. The molecule has 2 aromatic rings. The minimum atomic E-state index is -0.390. The van der Waals surface area contributed by atoms with E-state index in [0.717, 1.165) is 23.1 Å². The quantitative estimate of drug-likeness (QED) is 0.471. The summed E-state index contributed by atoms with van der Waals surface area (Å²) in [5, 5.41) is 26.5. The first-order chi connectivity index (χ1) is 12.9. The van der Waals surface area contributed by atoms with Gasteiger partial charge in [0, 0.05) is 18.1 Å². The summed E-state index contributed by atoms with van der Waals surface area (Å²) in [6.07, 6.45) is 4.93. The summed E-state index contributed by atoms with van der Waals surface area (Å²) in [6, 6.07) is 7.85. The fraction of sp³-hybridized carbons (Fsp3) is 0.300. The van der Waals surface area contributed by atoms with Crippen molar-refractivity contribution in [2.45, 2.75) is 32.2 Å². The number of fused-ring (bicyclic) bond motifs is 3. The Labute approximate surface area is 156 Å². The third-order valence-corrected chi connectivity index (χ3v) is 5.81. The maximum Gasteiger partial charge on any atom is 0.292 e. The molecule has 0 fully saturated rings. The number of nitro groups is 2. The lowest BCUT2D eigenvalue weighted by Crippen LogP contribution is -2.31. The summed E-state index contributed by atoms with van der Waals surface area (Å²) >= 11 is 0. The van der Waals surface area contributed by atoms with Crippen molar-refractivity contribution in [1.82, 2.24) is 0 Å². The minimum Gasteiger partial charge on any atom is -0.372 e. The minimum absolute atomic E-state index is 0.00432. The molecule has 27 heavy (non-hydrogen) atoms. The highest BCUT2D eigenvalue weighted by atomic mass is 16.6. The first-order valence-electron chi connectivity index (χ1n) is 8.85. The number of aryl methyl sites for hydroxylation is 1. The van der Waals surface area contributed by atoms with Crippen molar-refractivity contribution < 1.29 is 9.85 Å². The Morgan fingerprint density at radius 1 is 1.07 bits per heavy atom. The molecule has 0 bridgehead atoms. The zero-order valence-electron chi connectivity index (χ0n) is 15.0. The van der Waals surface area contributed by atoms with E-state index in [1.54, 1.807) is 24.3 Å². The maximum absolute atomic E-state index is 11.7. The lowest BCUT2D eigenvalue weighted by atomic mass is 9.74. The molecule has 0 aromatic heterocycles. The molecule has 2 aliphatic rings. The fourth-order valence-electron chi connectivity index (χ4n) is 4.45. The van der Waals surface area contributed by atoms with Gasteiger partial charge in [-0.15, -0.1) is 0 Å². The summed E-state index contributed by atoms with van der Waals surface area (Å²) in [4.78, 5) is 22.4. The van der Waals surface area contributed by atoms with E-state index in [1.807, 2.05) is 13.8 Å². The Morgan fingerprint density at radius 3 is 2.48 bits per heavy atom. The van der Waals surface area contributed by atoms with E-state index in [0.29, 0.717) is 11.3 Å². The largest absolute Gasteiger partial charge is 0.372 e. The van der Waals surface area contributed by atoms with Crippen LogP contribution in [0.2, 0.25) is 0 Å². The van der Waals surface area contributed by atoms with E-state index in [2.05, 4.69) is 17.5 Å². The third kappa shape index (κ3) is 2.58. The lowest BCUT2D eigenvalue weighted by molar-refractivity contribution is -0.386. The van der Waals surface area contributed by atoms with Crippen molar-refractivity contribution in [2.24, 2.45) is 5.92 Å². The van der Waals surface area contributed by atoms with Gasteiger partial charge in [0.2, 0.25) is 0 Å². The molecule has 4 rings (SSSR count). The Hall–Kier alpha value is -3.22. The maximum atomic E-state index is 11.7. The van der Waals surface area contributed by atoms with Gasteiger partial charge in [-0.1, -0.05) is 30.4 Å². The Kier molecular flexibility index (Phi) is 3.95. The molecule has 1 heterocycles. The third-order valence-electron chi connectivity index (χ3n) is 5.81. The average Bonchev–Trinajstić information content (AvgIpc) is 3.13. The summed E-state index contributed by atoms with van der Waals surface area (Å²) in [7, 11) is 0. The van der Waals surface area contributed by atoms with Crippen LogP contribution >= 0.6 is 0 Å². The number of nitrogens with zero attached hydrogens (tertiary/aromatic N) is 2. The molecular formula is C20H19N3O4. The molecule has 7 nitrogen and oxygen atoms in total. The van der Waals surface area contributed by atoms with Crippen LogP contribution in [0, 0.1) is 40.0 Å². The van der Waals surface area contributed by atoms with E-state index < -0.39 is 4.92 Å². The van der Waals surface area contributed by atoms with Gasteiger partial charge in [-0.3, -0.25) is 20.2 Å². The van der Waals surface area contributed by atoms with Crippen molar-refractivity contribution in [3.8, 4) is 0 Å². The average molecular weight is 365 g/mol. The van der Waals surface area contributed by atoms with Crippen LogP contribution in [0.25, 0.3) is 0 Å². The van der Waals surface area contributed by atoms with Crippen LogP contribution in [0.15, 0.2) is 42.5 Å². The number of benzene rings is 2. The number of nitro benzene ring substituents is 2. The predicted octanol–water partition coefficient (Wildman–Crippen LogP) is 4.95. The van der Waals surface area contributed by atoms with Gasteiger partial charge in [-0.25, -0.2) is 0 Å². The normalized spacial score (nSPS) is 22.7. The fourth-order valence-corrected chi connectivity index (χ4v) is 4.45. The van der Waals surface area contributed by atoms with Gasteiger partial charge in [0.25, 0.3) is 11.4 Å². The van der Waals surface area contributed by atoms with Crippen molar-refractivity contribution in [2.75, 3.05) is 5.32 Å².